The zero-order valence-corrected chi connectivity index (χ0v) is 17.8. The van der Waals surface area contributed by atoms with Gasteiger partial charge in [-0.3, -0.25) is 4.79 Å². The van der Waals surface area contributed by atoms with Gasteiger partial charge in [0.2, 0.25) is 5.91 Å². The van der Waals surface area contributed by atoms with Crippen molar-refractivity contribution in [3.8, 4) is 0 Å². The number of carbonyl (C=O) groups excluding carboxylic acids is 1. The third-order valence-corrected chi connectivity index (χ3v) is 5.87. The van der Waals surface area contributed by atoms with Crippen molar-refractivity contribution in [3.63, 3.8) is 0 Å². The lowest BCUT2D eigenvalue weighted by molar-refractivity contribution is -0.137. The molecule has 0 aromatic heterocycles. The zero-order valence-electron chi connectivity index (χ0n) is 17.8. The Morgan fingerprint density at radius 3 is 2.17 bits per heavy atom. The highest BCUT2D eigenvalue weighted by atomic mass is 19.4. The van der Waals surface area contributed by atoms with E-state index in [1.807, 2.05) is 37.9 Å². The van der Waals surface area contributed by atoms with E-state index in [2.05, 4.69) is 5.32 Å². The number of rotatable bonds is 6. The molecule has 0 aliphatic heterocycles. The number of hydrogen-bond acceptors (Lipinski definition) is 2. The number of alkyl halides is 3. The van der Waals surface area contributed by atoms with Gasteiger partial charge in [-0.1, -0.05) is 25.0 Å². The van der Waals surface area contributed by atoms with Gasteiger partial charge >= 0.3 is 6.18 Å². The molecule has 1 aliphatic carbocycles. The second kappa shape index (κ2) is 9.11. The molecule has 162 valence electrons. The molecule has 0 unspecified atom stereocenters. The molecule has 6 heteroatoms. The number of nitrogens with one attached hydrogen (secondary N) is 1. The first-order valence-electron chi connectivity index (χ1n) is 10.4. The van der Waals surface area contributed by atoms with Gasteiger partial charge in [-0.05, 0) is 73.6 Å². The summed E-state index contributed by atoms with van der Waals surface area (Å²) in [5, 5.41) is 3.08. The van der Waals surface area contributed by atoms with Crippen molar-refractivity contribution < 1.29 is 18.0 Å². The lowest BCUT2D eigenvalue weighted by atomic mass is 10.0. The summed E-state index contributed by atoms with van der Waals surface area (Å²) in [5.74, 6) is 0.568. The van der Waals surface area contributed by atoms with Crippen LogP contribution in [0.2, 0.25) is 0 Å². The topological polar surface area (TPSA) is 32.3 Å². The predicted octanol–water partition coefficient (Wildman–Crippen LogP) is 6.48. The number of hydrogen-bond donors (Lipinski definition) is 1. The molecular weight excluding hydrogens is 389 g/mol. The molecule has 0 spiro atoms. The van der Waals surface area contributed by atoms with Crippen LogP contribution in [0.25, 0.3) is 0 Å². The van der Waals surface area contributed by atoms with Gasteiger partial charge in [-0.15, -0.1) is 0 Å². The fourth-order valence-corrected chi connectivity index (χ4v) is 4.19. The van der Waals surface area contributed by atoms with E-state index in [4.69, 9.17) is 0 Å². The quantitative estimate of drug-likeness (QED) is 0.582. The number of carbonyl (C=O) groups is 1. The van der Waals surface area contributed by atoms with Crippen molar-refractivity contribution in [2.24, 2.45) is 5.92 Å². The van der Waals surface area contributed by atoms with Crippen LogP contribution in [-0.2, 0) is 17.5 Å². The maximum absolute atomic E-state index is 12.7. The highest BCUT2D eigenvalue weighted by molar-refractivity contribution is 5.93. The SMILES string of the molecule is Cc1cc(N(C)Cc2ccc(C(F)(F)F)cc2)cc(C)c1NC(=O)CC1CCCC1. The maximum atomic E-state index is 12.7. The van der Waals surface area contributed by atoms with Crippen LogP contribution < -0.4 is 10.2 Å². The molecule has 1 saturated carbocycles. The number of nitrogens with zero attached hydrogens (tertiary/aromatic N) is 1. The number of anilines is 2. The first kappa shape index (κ1) is 22.2. The second-order valence-corrected chi connectivity index (χ2v) is 8.41. The van der Waals surface area contributed by atoms with E-state index < -0.39 is 11.7 Å². The van der Waals surface area contributed by atoms with Gasteiger partial charge in [0.05, 0.1) is 5.56 Å². The summed E-state index contributed by atoms with van der Waals surface area (Å²) in [6.07, 6.45) is 0.967. The van der Waals surface area contributed by atoms with Crippen LogP contribution in [0.5, 0.6) is 0 Å². The van der Waals surface area contributed by atoms with Gasteiger partial charge in [0.25, 0.3) is 0 Å². The molecule has 3 nitrogen and oxygen atoms in total. The first-order chi connectivity index (χ1) is 14.1. The fourth-order valence-electron chi connectivity index (χ4n) is 4.19. The van der Waals surface area contributed by atoms with Crippen LogP contribution in [0.15, 0.2) is 36.4 Å². The van der Waals surface area contributed by atoms with E-state index in [1.165, 1.54) is 25.0 Å². The number of halogens is 3. The maximum Gasteiger partial charge on any atom is 0.416 e. The van der Waals surface area contributed by atoms with Gasteiger partial charge in [0.15, 0.2) is 0 Å². The van der Waals surface area contributed by atoms with E-state index in [-0.39, 0.29) is 5.91 Å². The Morgan fingerprint density at radius 2 is 1.63 bits per heavy atom. The molecule has 2 aromatic rings. The molecule has 1 aliphatic rings. The zero-order chi connectivity index (χ0) is 21.9. The molecule has 3 rings (SSSR count). The van der Waals surface area contributed by atoms with Gasteiger partial charge in [0.1, 0.15) is 0 Å². The van der Waals surface area contributed by atoms with Crippen molar-refractivity contribution in [2.45, 2.75) is 58.7 Å². The molecule has 1 N–H and O–H groups in total. The average Bonchev–Trinajstić information content (AvgIpc) is 3.17. The Hall–Kier alpha value is -2.50. The summed E-state index contributed by atoms with van der Waals surface area (Å²) < 4.78 is 38.2. The molecule has 30 heavy (non-hydrogen) atoms. The van der Waals surface area contributed by atoms with Gasteiger partial charge < -0.3 is 10.2 Å². The smallest absolute Gasteiger partial charge is 0.370 e. The molecule has 0 atom stereocenters. The van der Waals surface area contributed by atoms with Crippen molar-refractivity contribution in [1.29, 1.82) is 0 Å². The highest BCUT2D eigenvalue weighted by Crippen LogP contribution is 2.31. The van der Waals surface area contributed by atoms with Crippen LogP contribution in [-0.4, -0.2) is 13.0 Å². The first-order valence-corrected chi connectivity index (χ1v) is 10.4. The van der Waals surface area contributed by atoms with E-state index in [0.717, 1.165) is 53.0 Å². The standard InChI is InChI=1S/C24H29F3N2O/c1-16-12-21(29(3)15-19-8-10-20(11-9-19)24(25,26)27)13-17(2)23(16)28-22(30)14-18-6-4-5-7-18/h8-13,18H,4-7,14-15H2,1-3H3,(H,28,30). The Balaban J connectivity index is 1.66. The molecule has 0 bridgehead atoms. The third kappa shape index (κ3) is 5.55. The Labute approximate surface area is 176 Å². The minimum absolute atomic E-state index is 0.0685. The average molecular weight is 419 g/mol. The minimum Gasteiger partial charge on any atom is -0.370 e. The van der Waals surface area contributed by atoms with Gasteiger partial charge in [-0.2, -0.15) is 13.2 Å². The number of benzene rings is 2. The van der Waals surface area contributed by atoms with E-state index in [9.17, 15) is 18.0 Å². The minimum atomic E-state index is -4.32. The molecule has 0 radical (unpaired) electrons. The number of amides is 1. The van der Waals surface area contributed by atoms with Crippen LogP contribution >= 0.6 is 0 Å². The Morgan fingerprint density at radius 1 is 1.07 bits per heavy atom. The summed E-state index contributed by atoms with van der Waals surface area (Å²) in [6, 6.07) is 9.25. The Bertz CT molecular complexity index is 861. The van der Waals surface area contributed by atoms with Crippen molar-refractivity contribution in [3.05, 3.63) is 58.7 Å². The van der Waals surface area contributed by atoms with Crippen molar-refractivity contribution >= 4 is 17.3 Å². The second-order valence-electron chi connectivity index (χ2n) is 8.41. The largest absolute Gasteiger partial charge is 0.416 e. The normalized spacial score (nSPS) is 14.7. The fraction of sp³-hybridized carbons (Fsp3) is 0.458. The van der Waals surface area contributed by atoms with Crippen LogP contribution in [0, 0.1) is 19.8 Å². The number of aryl methyl sites for hydroxylation is 2. The lowest BCUT2D eigenvalue weighted by Gasteiger charge is -2.23. The summed E-state index contributed by atoms with van der Waals surface area (Å²) in [7, 11) is 1.91. The van der Waals surface area contributed by atoms with Crippen LogP contribution in [0.4, 0.5) is 24.5 Å². The Kier molecular flexibility index (Phi) is 6.74. The predicted molar refractivity (Wildman–Crippen MR) is 115 cm³/mol. The van der Waals surface area contributed by atoms with Crippen molar-refractivity contribution in [2.75, 3.05) is 17.3 Å². The van der Waals surface area contributed by atoms with Crippen molar-refractivity contribution in [1.82, 2.24) is 0 Å². The lowest BCUT2D eigenvalue weighted by Crippen LogP contribution is -2.19. The molecular formula is C24H29F3N2O. The summed E-state index contributed by atoms with van der Waals surface area (Å²) in [4.78, 5) is 14.4. The molecule has 1 fully saturated rings. The van der Waals surface area contributed by atoms with Crippen LogP contribution in [0.1, 0.15) is 54.4 Å². The van der Waals surface area contributed by atoms with E-state index in [0.29, 0.717) is 18.9 Å². The summed E-state index contributed by atoms with van der Waals surface area (Å²) >= 11 is 0. The summed E-state index contributed by atoms with van der Waals surface area (Å²) in [5.41, 5.74) is 3.92. The van der Waals surface area contributed by atoms with Gasteiger partial charge in [0, 0.05) is 31.4 Å². The van der Waals surface area contributed by atoms with Crippen LogP contribution in [0.3, 0.4) is 0 Å². The van der Waals surface area contributed by atoms with E-state index in [1.54, 1.807) is 0 Å². The highest BCUT2D eigenvalue weighted by Gasteiger charge is 2.30. The monoisotopic (exact) mass is 418 g/mol. The van der Waals surface area contributed by atoms with Gasteiger partial charge in [-0.25, -0.2) is 0 Å². The third-order valence-electron chi connectivity index (χ3n) is 5.87. The molecule has 0 saturated heterocycles. The molecule has 2 aromatic carbocycles. The molecule has 0 heterocycles. The molecule has 1 amide bonds. The van der Waals surface area contributed by atoms with E-state index >= 15 is 0 Å². The summed E-state index contributed by atoms with van der Waals surface area (Å²) in [6.45, 7) is 4.42.